The molecule has 5 rings (SSSR count). The maximum Gasteiger partial charge on any atom is 0.243 e. The van der Waals surface area contributed by atoms with Gasteiger partial charge in [0.15, 0.2) is 5.13 Å². The molecule has 34 heavy (non-hydrogen) atoms. The number of H-pyrrole nitrogens is 1. The van der Waals surface area contributed by atoms with E-state index < -0.39 is 10.0 Å². The smallest absolute Gasteiger partial charge is 0.243 e. The first kappa shape index (κ1) is 22.3. The molecule has 1 amide bonds. The predicted octanol–water partition coefficient (Wildman–Crippen LogP) is 4.20. The number of hydrogen-bond donors (Lipinski definition) is 2. The summed E-state index contributed by atoms with van der Waals surface area (Å²) in [5.74, 6) is -0.428. The van der Waals surface area contributed by atoms with E-state index in [1.54, 1.807) is 0 Å². The number of rotatable bonds is 5. The van der Waals surface area contributed by atoms with Crippen LogP contribution in [0.1, 0.15) is 18.4 Å². The molecule has 1 aliphatic rings. The van der Waals surface area contributed by atoms with E-state index in [1.807, 2.05) is 41.9 Å². The van der Waals surface area contributed by atoms with Crippen molar-refractivity contribution in [1.29, 1.82) is 5.26 Å². The number of aromatic amines is 1. The van der Waals surface area contributed by atoms with Gasteiger partial charge in [-0.1, -0.05) is 18.2 Å². The Morgan fingerprint density at radius 3 is 2.62 bits per heavy atom. The van der Waals surface area contributed by atoms with E-state index in [0.717, 1.165) is 22.2 Å². The van der Waals surface area contributed by atoms with Crippen molar-refractivity contribution >= 4 is 43.3 Å². The van der Waals surface area contributed by atoms with Crippen molar-refractivity contribution in [3.63, 3.8) is 0 Å². The highest BCUT2D eigenvalue weighted by Gasteiger charge is 2.32. The molecule has 0 bridgehead atoms. The number of piperidine rings is 1. The Hall–Kier alpha value is -3.52. The zero-order valence-electron chi connectivity index (χ0n) is 18.1. The van der Waals surface area contributed by atoms with Gasteiger partial charge < -0.3 is 10.3 Å². The minimum Gasteiger partial charge on any atom is -0.360 e. The first-order valence-corrected chi connectivity index (χ1v) is 13.1. The Kier molecular flexibility index (Phi) is 5.91. The lowest BCUT2D eigenvalue weighted by Crippen LogP contribution is -2.41. The fraction of sp³-hybridized carbons (Fsp3) is 0.208. The Morgan fingerprint density at radius 1 is 1.15 bits per heavy atom. The molecule has 1 saturated heterocycles. The fourth-order valence-corrected chi connectivity index (χ4v) is 6.34. The van der Waals surface area contributed by atoms with E-state index in [-0.39, 0.29) is 29.8 Å². The van der Waals surface area contributed by atoms with E-state index in [2.05, 4.69) is 15.3 Å². The number of nitrogens with one attached hydrogen (secondary N) is 2. The number of carbonyl (C=O) groups is 1. The van der Waals surface area contributed by atoms with Crippen LogP contribution in [-0.2, 0) is 14.8 Å². The number of amides is 1. The lowest BCUT2D eigenvalue weighted by Gasteiger charge is -2.30. The van der Waals surface area contributed by atoms with Crippen LogP contribution in [0.15, 0.2) is 65.0 Å². The van der Waals surface area contributed by atoms with Crippen molar-refractivity contribution in [2.45, 2.75) is 17.7 Å². The molecule has 0 radical (unpaired) electrons. The second kappa shape index (κ2) is 9.02. The predicted molar refractivity (Wildman–Crippen MR) is 131 cm³/mol. The van der Waals surface area contributed by atoms with E-state index in [4.69, 9.17) is 5.26 Å². The average molecular weight is 492 g/mol. The highest BCUT2D eigenvalue weighted by Crippen LogP contribution is 2.32. The topological polar surface area (TPSA) is 119 Å². The summed E-state index contributed by atoms with van der Waals surface area (Å²) < 4.78 is 27.2. The van der Waals surface area contributed by atoms with Gasteiger partial charge in [0.2, 0.25) is 15.9 Å². The molecule has 3 heterocycles. The molecular formula is C24H21N5O3S2. The van der Waals surface area contributed by atoms with Crippen LogP contribution in [0.25, 0.3) is 22.2 Å². The molecule has 0 spiro atoms. The third-order valence-corrected chi connectivity index (χ3v) is 8.72. The molecule has 0 saturated carbocycles. The maximum absolute atomic E-state index is 12.9. The molecule has 0 atom stereocenters. The normalized spacial score (nSPS) is 15.3. The zero-order chi connectivity index (χ0) is 23.7. The first-order chi connectivity index (χ1) is 16.5. The van der Waals surface area contributed by atoms with Gasteiger partial charge in [-0.2, -0.15) is 9.57 Å². The van der Waals surface area contributed by atoms with E-state index in [0.29, 0.717) is 23.5 Å². The van der Waals surface area contributed by atoms with Crippen LogP contribution in [0.5, 0.6) is 0 Å². The number of carbonyl (C=O) groups excluding carboxylic acids is 1. The molecule has 0 aliphatic carbocycles. The van der Waals surface area contributed by atoms with Gasteiger partial charge in [0.05, 0.1) is 22.2 Å². The van der Waals surface area contributed by atoms with Crippen LogP contribution in [0.3, 0.4) is 0 Å². The van der Waals surface area contributed by atoms with E-state index >= 15 is 0 Å². The number of nitriles is 1. The lowest BCUT2D eigenvalue weighted by atomic mass is 9.97. The van der Waals surface area contributed by atoms with Crippen molar-refractivity contribution in [1.82, 2.24) is 14.3 Å². The number of para-hydroxylation sites is 1. The zero-order valence-corrected chi connectivity index (χ0v) is 19.7. The summed E-state index contributed by atoms with van der Waals surface area (Å²) >= 11 is 1.37. The standard InChI is InChI=1S/C24H21N5O3S2/c25-13-16-5-7-18(8-6-16)34(31,32)29-11-9-17(10-12-29)23(30)28-24-27-22(15-33-24)20-14-26-21-4-2-1-3-19(20)21/h1-8,14-15,17,26H,9-12H2,(H,27,28,30). The highest BCUT2D eigenvalue weighted by atomic mass is 32.2. The number of thiazole rings is 1. The van der Waals surface area contributed by atoms with Crippen molar-refractivity contribution in [3.05, 3.63) is 65.7 Å². The van der Waals surface area contributed by atoms with Gasteiger partial charge in [0.1, 0.15) is 0 Å². The summed E-state index contributed by atoms with van der Waals surface area (Å²) in [6.07, 6.45) is 2.78. The van der Waals surface area contributed by atoms with E-state index in [9.17, 15) is 13.2 Å². The minimum absolute atomic E-state index is 0.143. The fourth-order valence-electron chi connectivity index (χ4n) is 4.15. The number of hydrogen-bond acceptors (Lipinski definition) is 6. The lowest BCUT2D eigenvalue weighted by molar-refractivity contribution is -0.120. The summed E-state index contributed by atoms with van der Waals surface area (Å²) in [6, 6.07) is 15.8. The second-order valence-electron chi connectivity index (χ2n) is 8.09. The third-order valence-electron chi connectivity index (χ3n) is 6.05. The van der Waals surface area contributed by atoms with Gasteiger partial charge >= 0.3 is 0 Å². The minimum atomic E-state index is -3.66. The number of benzene rings is 2. The quantitative estimate of drug-likeness (QED) is 0.434. The average Bonchev–Trinajstić information content (AvgIpc) is 3.51. The number of sulfonamides is 1. The SMILES string of the molecule is N#Cc1ccc(S(=O)(=O)N2CCC(C(=O)Nc3nc(-c4c[nH]c5ccccc45)cs3)CC2)cc1. The van der Waals surface area contributed by atoms with Crippen LogP contribution < -0.4 is 5.32 Å². The van der Waals surface area contributed by atoms with Crippen LogP contribution in [0.2, 0.25) is 0 Å². The molecule has 10 heteroatoms. The molecule has 4 aromatic rings. The maximum atomic E-state index is 12.9. The van der Waals surface area contributed by atoms with Crippen molar-refractivity contribution in [3.8, 4) is 17.3 Å². The molecule has 2 aromatic heterocycles. The number of aromatic nitrogens is 2. The summed E-state index contributed by atoms with van der Waals surface area (Å²) in [6.45, 7) is 0.526. The van der Waals surface area contributed by atoms with Crippen LogP contribution in [-0.4, -0.2) is 41.7 Å². The van der Waals surface area contributed by atoms with Crippen LogP contribution >= 0.6 is 11.3 Å². The molecule has 2 N–H and O–H groups in total. The number of fused-ring (bicyclic) bond motifs is 1. The van der Waals surface area contributed by atoms with Crippen LogP contribution in [0, 0.1) is 17.2 Å². The third kappa shape index (κ3) is 4.21. The summed E-state index contributed by atoms with van der Waals surface area (Å²) in [5.41, 5.74) is 3.21. The van der Waals surface area contributed by atoms with Gasteiger partial charge in [-0.15, -0.1) is 11.3 Å². The van der Waals surface area contributed by atoms with E-state index in [1.165, 1.54) is 39.9 Å². The monoisotopic (exact) mass is 491 g/mol. The highest BCUT2D eigenvalue weighted by molar-refractivity contribution is 7.89. The second-order valence-corrected chi connectivity index (χ2v) is 10.9. The molecule has 8 nitrogen and oxygen atoms in total. The molecule has 0 unspecified atom stereocenters. The first-order valence-electron chi connectivity index (χ1n) is 10.8. The molecule has 1 aliphatic heterocycles. The molecule has 172 valence electrons. The molecule has 1 fully saturated rings. The van der Waals surface area contributed by atoms with Crippen molar-refractivity contribution in [2.75, 3.05) is 18.4 Å². The summed E-state index contributed by atoms with van der Waals surface area (Å²) in [4.78, 5) is 20.8. The summed E-state index contributed by atoms with van der Waals surface area (Å²) in [7, 11) is -3.66. The number of anilines is 1. The van der Waals surface area contributed by atoms with Gasteiger partial charge in [-0.25, -0.2) is 13.4 Å². The Balaban J connectivity index is 1.21. The Labute approximate surface area is 200 Å². The van der Waals surface area contributed by atoms with Gasteiger partial charge in [0, 0.05) is 47.1 Å². The summed E-state index contributed by atoms with van der Waals surface area (Å²) in [5, 5.41) is 15.3. The van der Waals surface area contributed by atoms with Gasteiger partial charge in [0.25, 0.3) is 0 Å². The Morgan fingerprint density at radius 2 is 1.88 bits per heavy atom. The molecule has 2 aromatic carbocycles. The van der Waals surface area contributed by atoms with Crippen molar-refractivity contribution in [2.24, 2.45) is 5.92 Å². The Bertz CT molecular complexity index is 1490. The van der Waals surface area contributed by atoms with Gasteiger partial charge in [-0.05, 0) is 43.2 Å². The van der Waals surface area contributed by atoms with Gasteiger partial charge in [-0.3, -0.25) is 4.79 Å². The van der Waals surface area contributed by atoms with Crippen LogP contribution in [0.4, 0.5) is 5.13 Å². The molecular weight excluding hydrogens is 470 g/mol. The largest absolute Gasteiger partial charge is 0.360 e. The number of nitrogens with zero attached hydrogens (tertiary/aromatic N) is 3. The van der Waals surface area contributed by atoms with Crippen molar-refractivity contribution < 1.29 is 13.2 Å².